The SMILES string of the molecule is CNc1ncc(=O)[nH]c1C(=O)N(C)C. The number of amides is 1. The van der Waals surface area contributed by atoms with Crippen LogP contribution in [0, 0.1) is 0 Å². The first-order valence-electron chi connectivity index (χ1n) is 4.05. The lowest BCUT2D eigenvalue weighted by molar-refractivity contribution is 0.0822. The van der Waals surface area contributed by atoms with E-state index in [0.29, 0.717) is 5.82 Å². The lowest BCUT2D eigenvalue weighted by Crippen LogP contribution is -2.27. The first kappa shape index (κ1) is 10.2. The second-order valence-electron chi connectivity index (χ2n) is 2.92. The monoisotopic (exact) mass is 196 g/mol. The van der Waals surface area contributed by atoms with Gasteiger partial charge in [0.25, 0.3) is 11.5 Å². The summed E-state index contributed by atoms with van der Waals surface area (Å²) in [5.74, 6) is 0.0721. The average molecular weight is 196 g/mol. The van der Waals surface area contributed by atoms with Crippen molar-refractivity contribution in [1.29, 1.82) is 0 Å². The van der Waals surface area contributed by atoms with Gasteiger partial charge in [0.05, 0.1) is 6.20 Å². The van der Waals surface area contributed by atoms with Crippen LogP contribution < -0.4 is 10.9 Å². The van der Waals surface area contributed by atoms with Crippen molar-refractivity contribution < 1.29 is 4.79 Å². The van der Waals surface area contributed by atoms with Gasteiger partial charge in [-0.05, 0) is 0 Å². The van der Waals surface area contributed by atoms with Gasteiger partial charge in [0.2, 0.25) is 0 Å². The van der Waals surface area contributed by atoms with Gasteiger partial charge in [0.15, 0.2) is 5.82 Å². The Morgan fingerprint density at radius 2 is 2.21 bits per heavy atom. The first-order chi connectivity index (χ1) is 6.56. The summed E-state index contributed by atoms with van der Waals surface area (Å²) >= 11 is 0. The number of anilines is 1. The molecule has 0 aliphatic heterocycles. The van der Waals surface area contributed by atoms with Crippen LogP contribution in [0.4, 0.5) is 5.82 Å². The van der Waals surface area contributed by atoms with Gasteiger partial charge in [0, 0.05) is 21.1 Å². The number of H-pyrrole nitrogens is 1. The summed E-state index contributed by atoms with van der Waals surface area (Å²) in [6.07, 6.45) is 1.12. The third kappa shape index (κ3) is 1.90. The summed E-state index contributed by atoms with van der Waals surface area (Å²) in [6, 6.07) is 0. The predicted molar refractivity (Wildman–Crippen MR) is 52.4 cm³/mol. The van der Waals surface area contributed by atoms with E-state index >= 15 is 0 Å². The van der Waals surface area contributed by atoms with Crippen molar-refractivity contribution in [3.05, 3.63) is 22.2 Å². The van der Waals surface area contributed by atoms with Crippen molar-refractivity contribution in [2.24, 2.45) is 0 Å². The Morgan fingerprint density at radius 3 is 2.71 bits per heavy atom. The molecule has 1 heterocycles. The summed E-state index contributed by atoms with van der Waals surface area (Å²) in [6.45, 7) is 0. The van der Waals surface area contributed by atoms with E-state index in [1.165, 1.54) is 4.90 Å². The molecule has 0 spiro atoms. The summed E-state index contributed by atoms with van der Waals surface area (Å²) < 4.78 is 0. The van der Waals surface area contributed by atoms with E-state index in [1.807, 2.05) is 0 Å². The summed E-state index contributed by atoms with van der Waals surface area (Å²) in [7, 11) is 4.84. The number of aromatic amines is 1. The number of nitrogens with one attached hydrogen (secondary N) is 2. The highest BCUT2D eigenvalue weighted by Crippen LogP contribution is 2.06. The maximum Gasteiger partial charge on any atom is 0.273 e. The Hall–Kier alpha value is -1.85. The Kier molecular flexibility index (Phi) is 2.85. The van der Waals surface area contributed by atoms with E-state index < -0.39 is 5.56 Å². The fourth-order valence-corrected chi connectivity index (χ4v) is 0.970. The number of rotatable bonds is 2. The zero-order valence-electron chi connectivity index (χ0n) is 8.29. The molecular formula is C8H12N4O2. The van der Waals surface area contributed by atoms with Crippen molar-refractivity contribution in [3.8, 4) is 0 Å². The highest BCUT2D eigenvalue weighted by molar-refractivity contribution is 5.96. The number of aromatic nitrogens is 2. The van der Waals surface area contributed by atoms with Crippen molar-refractivity contribution in [3.63, 3.8) is 0 Å². The van der Waals surface area contributed by atoms with Crippen LogP contribution in [0.15, 0.2) is 11.0 Å². The fraction of sp³-hybridized carbons (Fsp3) is 0.375. The van der Waals surface area contributed by atoms with Crippen LogP contribution >= 0.6 is 0 Å². The molecule has 0 atom stereocenters. The molecule has 0 radical (unpaired) electrons. The van der Waals surface area contributed by atoms with Crippen molar-refractivity contribution in [2.75, 3.05) is 26.5 Å². The van der Waals surface area contributed by atoms with Crippen LogP contribution in [0.1, 0.15) is 10.5 Å². The second kappa shape index (κ2) is 3.91. The summed E-state index contributed by atoms with van der Waals surface area (Å²) in [5, 5.41) is 2.73. The minimum atomic E-state index is -0.394. The molecule has 6 nitrogen and oxygen atoms in total. The highest BCUT2D eigenvalue weighted by atomic mass is 16.2. The van der Waals surface area contributed by atoms with Gasteiger partial charge < -0.3 is 15.2 Å². The quantitative estimate of drug-likeness (QED) is 0.669. The second-order valence-corrected chi connectivity index (χ2v) is 2.92. The molecule has 0 aliphatic rings. The van der Waals surface area contributed by atoms with Gasteiger partial charge in [-0.1, -0.05) is 0 Å². The number of hydrogen-bond donors (Lipinski definition) is 2. The molecule has 0 fully saturated rings. The average Bonchev–Trinajstić information content (AvgIpc) is 2.16. The maximum atomic E-state index is 11.6. The molecule has 6 heteroatoms. The molecule has 76 valence electrons. The molecular weight excluding hydrogens is 184 g/mol. The van der Waals surface area contributed by atoms with E-state index in [2.05, 4.69) is 15.3 Å². The molecule has 1 aromatic rings. The van der Waals surface area contributed by atoms with E-state index in [4.69, 9.17) is 0 Å². The molecule has 1 amide bonds. The predicted octanol–water partition coefficient (Wildman–Crippen LogP) is -0.487. The van der Waals surface area contributed by atoms with Gasteiger partial charge in [0.1, 0.15) is 5.69 Å². The number of nitrogens with zero attached hydrogens (tertiary/aromatic N) is 2. The Balaban J connectivity index is 3.24. The minimum Gasteiger partial charge on any atom is -0.371 e. The molecule has 0 saturated carbocycles. The topological polar surface area (TPSA) is 78.1 Å². The summed E-state index contributed by atoms with van der Waals surface area (Å²) in [4.78, 5) is 30.1. The van der Waals surface area contributed by atoms with Crippen LogP contribution in [-0.2, 0) is 0 Å². The number of hydrogen-bond acceptors (Lipinski definition) is 4. The zero-order valence-corrected chi connectivity index (χ0v) is 8.29. The molecule has 1 aromatic heterocycles. The lowest BCUT2D eigenvalue weighted by Gasteiger charge is -2.11. The minimum absolute atomic E-state index is 0.171. The van der Waals surface area contributed by atoms with E-state index in [1.54, 1.807) is 21.1 Å². The van der Waals surface area contributed by atoms with Crippen LogP contribution in [0.25, 0.3) is 0 Å². The Morgan fingerprint density at radius 1 is 1.57 bits per heavy atom. The van der Waals surface area contributed by atoms with Gasteiger partial charge in [-0.25, -0.2) is 4.98 Å². The van der Waals surface area contributed by atoms with Gasteiger partial charge >= 0.3 is 0 Å². The van der Waals surface area contributed by atoms with Gasteiger partial charge in [-0.15, -0.1) is 0 Å². The van der Waals surface area contributed by atoms with Crippen LogP contribution in [0.3, 0.4) is 0 Å². The number of carbonyl (C=O) groups is 1. The van der Waals surface area contributed by atoms with Gasteiger partial charge in [-0.2, -0.15) is 0 Å². The van der Waals surface area contributed by atoms with Crippen molar-refractivity contribution in [1.82, 2.24) is 14.9 Å². The lowest BCUT2D eigenvalue weighted by atomic mass is 10.3. The normalized spacial score (nSPS) is 9.64. The van der Waals surface area contributed by atoms with Crippen LogP contribution in [0.5, 0.6) is 0 Å². The molecule has 0 saturated heterocycles. The van der Waals surface area contributed by atoms with E-state index in [0.717, 1.165) is 6.20 Å². The molecule has 2 N–H and O–H groups in total. The standard InChI is InChI=1S/C8H12N4O2/c1-9-7-6(8(14)12(2)3)11-5(13)4-10-7/h4H,1-3H3,(H,9,10)(H,11,13). The molecule has 0 unspecified atom stereocenters. The van der Waals surface area contributed by atoms with Crippen molar-refractivity contribution in [2.45, 2.75) is 0 Å². The molecule has 0 aliphatic carbocycles. The Labute approximate surface area is 81.0 Å². The first-order valence-corrected chi connectivity index (χ1v) is 4.05. The Bertz CT molecular complexity index is 397. The summed E-state index contributed by atoms with van der Waals surface area (Å²) in [5.41, 5.74) is -0.223. The fourth-order valence-electron chi connectivity index (χ4n) is 0.970. The van der Waals surface area contributed by atoms with Crippen LogP contribution in [-0.4, -0.2) is 41.9 Å². The zero-order chi connectivity index (χ0) is 10.7. The van der Waals surface area contributed by atoms with E-state index in [-0.39, 0.29) is 11.6 Å². The van der Waals surface area contributed by atoms with Gasteiger partial charge in [-0.3, -0.25) is 9.59 Å². The smallest absolute Gasteiger partial charge is 0.273 e. The molecule has 0 aromatic carbocycles. The highest BCUT2D eigenvalue weighted by Gasteiger charge is 2.14. The third-order valence-electron chi connectivity index (χ3n) is 1.65. The molecule has 14 heavy (non-hydrogen) atoms. The molecule has 1 rings (SSSR count). The largest absolute Gasteiger partial charge is 0.371 e. The molecule has 0 bridgehead atoms. The third-order valence-corrected chi connectivity index (χ3v) is 1.65. The van der Waals surface area contributed by atoms with Crippen molar-refractivity contribution >= 4 is 11.7 Å². The number of carbonyl (C=O) groups excluding carboxylic acids is 1. The maximum absolute atomic E-state index is 11.6. The van der Waals surface area contributed by atoms with Crippen LogP contribution in [0.2, 0.25) is 0 Å². The van der Waals surface area contributed by atoms with E-state index in [9.17, 15) is 9.59 Å².